The Bertz CT molecular complexity index is 595. The zero-order valence-electron chi connectivity index (χ0n) is 9.78. The molecule has 1 amide bonds. The predicted molar refractivity (Wildman–Crippen MR) is 65.1 cm³/mol. The Balaban J connectivity index is 2.20. The Morgan fingerprint density at radius 1 is 1.26 bits per heavy atom. The van der Waals surface area contributed by atoms with Gasteiger partial charge in [0.1, 0.15) is 11.5 Å². The summed E-state index contributed by atoms with van der Waals surface area (Å²) in [6.45, 7) is 0.0326. The zero-order chi connectivity index (χ0) is 14.2. The number of carbonyl (C=O) groups is 1. The Morgan fingerprint density at radius 2 is 1.84 bits per heavy atom. The lowest BCUT2D eigenvalue weighted by atomic mass is 10.1. The van der Waals surface area contributed by atoms with Crippen molar-refractivity contribution in [2.45, 2.75) is 6.42 Å². The summed E-state index contributed by atoms with van der Waals surface area (Å²) in [6.07, 6.45) is -0.0838. The van der Waals surface area contributed by atoms with Crippen molar-refractivity contribution in [3.8, 4) is 11.5 Å². The van der Waals surface area contributed by atoms with E-state index in [0.29, 0.717) is 0 Å². The summed E-state index contributed by atoms with van der Waals surface area (Å²) in [7, 11) is -4.63. The first-order valence-electron chi connectivity index (χ1n) is 5.50. The summed E-state index contributed by atoms with van der Waals surface area (Å²) in [4.78, 5) is 13.0. The van der Waals surface area contributed by atoms with Gasteiger partial charge < -0.3 is 15.1 Å². The SMILES string of the molecule is O=C1CC(CS(=O)(=O)F)CN1c1cc(O)cc(O)c1. The van der Waals surface area contributed by atoms with E-state index in [9.17, 15) is 27.3 Å². The average molecular weight is 289 g/mol. The lowest BCUT2D eigenvalue weighted by molar-refractivity contribution is -0.117. The maximum absolute atomic E-state index is 12.6. The lowest BCUT2D eigenvalue weighted by Gasteiger charge is -2.17. The van der Waals surface area contributed by atoms with Crippen molar-refractivity contribution in [3.05, 3.63) is 18.2 Å². The maximum atomic E-state index is 12.6. The molecule has 0 radical (unpaired) electrons. The van der Waals surface area contributed by atoms with Crippen LogP contribution in [0.25, 0.3) is 0 Å². The van der Waals surface area contributed by atoms with E-state index < -0.39 is 21.9 Å². The summed E-state index contributed by atoms with van der Waals surface area (Å²) in [6, 6.07) is 3.64. The normalized spacial score (nSPS) is 19.9. The molecule has 1 aliphatic heterocycles. The minimum absolute atomic E-state index is 0.0326. The van der Waals surface area contributed by atoms with Gasteiger partial charge in [0.25, 0.3) is 0 Å². The third-order valence-corrected chi connectivity index (χ3v) is 3.71. The number of carbonyl (C=O) groups excluding carboxylic acids is 1. The van der Waals surface area contributed by atoms with Crippen molar-refractivity contribution in [1.82, 2.24) is 0 Å². The molecule has 2 rings (SSSR count). The third-order valence-electron chi connectivity index (χ3n) is 2.84. The molecule has 1 heterocycles. The number of phenols is 2. The van der Waals surface area contributed by atoms with Gasteiger partial charge in [-0.05, 0) is 0 Å². The molecule has 1 aliphatic rings. The van der Waals surface area contributed by atoms with Gasteiger partial charge in [0.05, 0.1) is 11.4 Å². The Kier molecular flexibility index (Phi) is 3.36. The lowest BCUT2D eigenvalue weighted by Crippen LogP contribution is -2.25. The van der Waals surface area contributed by atoms with Crippen molar-refractivity contribution in [2.24, 2.45) is 5.92 Å². The van der Waals surface area contributed by atoms with Gasteiger partial charge in [-0.3, -0.25) is 4.79 Å². The molecule has 0 bridgehead atoms. The van der Waals surface area contributed by atoms with Crippen molar-refractivity contribution in [1.29, 1.82) is 0 Å². The van der Waals surface area contributed by atoms with Crippen LogP contribution >= 0.6 is 0 Å². The number of hydrogen-bond acceptors (Lipinski definition) is 5. The molecule has 1 fully saturated rings. The molecule has 1 saturated heterocycles. The van der Waals surface area contributed by atoms with Crippen LogP contribution in [0.15, 0.2) is 18.2 Å². The number of hydrogen-bond donors (Lipinski definition) is 2. The topological polar surface area (TPSA) is 94.9 Å². The largest absolute Gasteiger partial charge is 0.508 e. The zero-order valence-corrected chi connectivity index (χ0v) is 10.6. The predicted octanol–water partition coefficient (Wildman–Crippen LogP) is 0.750. The molecule has 104 valence electrons. The van der Waals surface area contributed by atoms with Crippen molar-refractivity contribution in [2.75, 3.05) is 17.2 Å². The first-order valence-corrected chi connectivity index (χ1v) is 7.05. The van der Waals surface area contributed by atoms with E-state index in [-0.39, 0.29) is 36.1 Å². The van der Waals surface area contributed by atoms with Crippen LogP contribution in [0.3, 0.4) is 0 Å². The molecule has 8 heteroatoms. The van der Waals surface area contributed by atoms with Crippen LogP contribution in [0.1, 0.15) is 6.42 Å². The standard InChI is InChI=1S/C11H12FNO5S/c12-19(17,18)6-7-1-11(16)13(5-7)8-2-9(14)4-10(15)3-8/h2-4,7,14-15H,1,5-6H2. The summed E-state index contributed by atoms with van der Waals surface area (Å²) < 4.78 is 33.7. The van der Waals surface area contributed by atoms with Gasteiger partial charge in [0, 0.05) is 37.1 Å². The molecule has 19 heavy (non-hydrogen) atoms. The van der Waals surface area contributed by atoms with E-state index in [0.717, 1.165) is 6.07 Å². The van der Waals surface area contributed by atoms with Gasteiger partial charge in [-0.2, -0.15) is 8.42 Å². The van der Waals surface area contributed by atoms with Crippen molar-refractivity contribution < 1.29 is 27.3 Å². The Morgan fingerprint density at radius 3 is 2.37 bits per heavy atom. The molecular formula is C11H12FNO5S. The van der Waals surface area contributed by atoms with E-state index in [1.54, 1.807) is 0 Å². The second-order valence-corrected chi connectivity index (χ2v) is 5.90. The molecule has 0 spiro atoms. The Labute approximate surface area is 109 Å². The number of amides is 1. The smallest absolute Gasteiger partial charge is 0.302 e. The number of rotatable bonds is 3. The molecule has 0 aromatic heterocycles. The number of phenolic OH excluding ortho intramolecular Hbond substituents is 2. The van der Waals surface area contributed by atoms with E-state index >= 15 is 0 Å². The summed E-state index contributed by atoms with van der Waals surface area (Å²) in [5.74, 6) is -2.15. The quantitative estimate of drug-likeness (QED) is 0.801. The highest BCUT2D eigenvalue weighted by molar-refractivity contribution is 7.86. The third kappa shape index (κ3) is 3.34. The van der Waals surface area contributed by atoms with Crippen LogP contribution in [0, 0.1) is 5.92 Å². The van der Waals surface area contributed by atoms with Crippen molar-refractivity contribution in [3.63, 3.8) is 0 Å². The molecule has 1 unspecified atom stereocenters. The fourth-order valence-corrected chi connectivity index (χ4v) is 2.95. The number of benzene rings is 1. The van der Waals surface area contributed by atoms with Crippen molar-refractivity contribution >= 4 is 21.8 Å². The van der Waals surface area contributed by atoms with Crippen LogP contribution in [0.2, 0.25) is 0 Å². The average Bonchev–Trinajstić information content (AvgIpc) is 2.54. The molecule has 0 aliphatic carbocycles. The fourth-order valence-electron chi connectivity index (χ4n) is 2.16. The maximum Gasteiger partial charge on any atom is 0.302 e. The number of anilines is 1. The highest BCUT2D eigenvalue weighted by Crippen LogP contribution is 2.31. The minimum atomic E-state index is -4.63. The second kappa shape index (κ2) is 4.69. The van der Waals surface area contributed by atoms with Gasteiger partial charge in [-0.25, -0.2) is 0 Å². The molecule has 1 aromatic rings. The molecule has 1 atom stereocenters. The monoisotopic (exact) mass is 289 g/mol. The van der Waals surface area contributed by atoms with Gasteiger partial charge in [-0.15, -0.1) is 3.89 Å². The van der Waals surface area contributed by atoms with Gasteiger partial charge in [0.15, 0.2) is 0 Å². The Hall–Kier alpha value is -1.83. The van der Waals surface area contributed by atoms with E-state index in [1.807, 2.05) is 0 Å². The number of halogens is 1. The first kappa shape index (κ1) is 13.6. The molecule has 6 nitrogen and oxygen atoms in total. The highest BCUT2D eigenvalue weighted by atomic mass is 32.3. The fraction of sp³-hybridized carbons (Fsp3) is 0.364. The molecule has 0 saturated carbocycles. The van der Waals surface area contributed by atoms with Crippen LogP contribution in [-0.4, -0.2) is 36.8 Å². The number of nitrogens with zero attached hydrogens (tertiary/aromatic N) is 1. The highest BCUT2D eigenvalue weighted by Gasteiger charge is 2.33. The summed E-state index contributed by atoms with van der Waals surface area (Å²) in [5, 5.41) is 18.7. The minimum Gasteiger partial charge on any atom is -0.508 e. The molecule has 2 N–H and O–H groups in total. The molecular weight excluding hydrogens is 277 g/mol. The summed E-state index contributed by atoms with van der Waals surface area (Å²) in [5.41, 5.74) is 0.251. The van der Waals surface area contributed by atoms with Crippen LogP contribution in [0.4, 0.5) is 9.57 Å². The van der Waals surface area contributed by atoms with Gasteiger partial charge in [-0.1, -0.05) is 0 Å². The van der Waals surface area contributed by atoms with Crippen LogP contribution in [-0.2, 0) is 15.0 Å². The van der Waals surface area contributed by atoms with Gasteiger partial charge >= 0.3 is 10.2 Å². The first-order chi connectivity index (χ1) is 8.74. The van der Waals surface area contributed by atoms with E-state index in [2.05, 4.69) is 0 Å². The van der Waals surface area contributed by atoms with Crippen LogP contribution < -0.4 is 4.90 Å². The second-order valence-electron chi connectivity index (χ2n) is 4.49. The number of aromatic hydroxyl groups is 2. The van der Waals surface area contributed by atoms with Gasteiger partial charge in [0.2, 0.25) is 5.91 Å². The summed E-state index contributed by atoms with van der Waals surface area (Å²) >= 11 is 0. The molecule has 1 aromatic carbocycles. The van der Waals surface area contributed by atoms with E-state index in [1.165, 1.54) is 17.0 Å². The van der Waals surface area contributed by atoms with E-state index in [4.69, 9.17) is 0 Å². The van der Waals surface area contributed by atoms with Crippen LogP contribution in [0.5, 0.6) is 11.5 Å².